The first kappa shape index (κ1) is 16.5. The molecule has 0 N–H and O–H groups in total. The van der Waals surface area contributed by atoms with Gasteiger partial charge in [-0.15, -0.1) is 0 Å². The highest BCUT2D eigenvalue weighted by atomic mass is 16.5. The molecule has 0 spiro atoms. The van der Waals surface area contributed by atoms with E-state index in [4.69, 9.17) is 14.2 Å². The van der Waals surface area contributed by atoms with Crippen molar-refractivity contribution in [2.24, 2.45) is 0 Å². The van der Waals surface area contributed by atoms with E-state index in [-0.39, 0.29) is 5.41 Å². The quantitative estimate of drug-likeness (QED) is 0.719. The van der Waals surface area contributed by atoms with Gasteiger partial charge in [0.05, 0.1) is 25.4 Å². The van der Waals surface area contributed by atoms with Gasteiger partial charge in [0.25, 0.3) is 0 Å². The van der Waals surface area contributed by atoms with Gasteiger partial charge in [0, 0.05) is 7.11 Å². The summed E-state index contributed by atoms with van der Waals surface area (Å²) in [4.78, 5) is 0. The molecule has 0 heterocycles. The van der Waals surface area contributed by atoms with Crippen LogP contribution in [0.3, 0.4) is 0 Å². The third kappa shape index (κ3) is 5.20. The Bertz CT molecular complexity index is 458. The first-order chi connectivity index (χ1) is 9.49. The first-order valence-corrected chi connectivity index (χ1v) is 6.73. The summed E-state index contributed by atoms with van der Waals surface area (Å²) in [7, 11) is 1.63. The highest BCUT2D eigenvalue weighted by Crippen LogP contribution is 2.27. The molecular formula is C16H23NO3. The second-order valence-electron chi connectivity index (χ2n) is 5.53. The highest BCUT2D eigenvalue weighted by Gasteiger charge is 2.15. The summed E-state index contributed by atoms with van der Waals surface area (Å²) in [5.41, 5.74) is 1.71. The lowest BCUT2D eigenvalue weighted by molar-refractivity contribution is 0.0544. The van der Waals surface area contributed by atoms with Crippen LogP contribution in [0.15, 0.2) is 18.2 Å². The number of methoxy groups -OCH3 is 1. The van der Waals surface area contributed by atoms with Crippen molar-refractivity contribution < 1.29 is 14.2 Å². The van der Waals surface area contributed by atoms with E-state index >= 15 is 0 Å². The number of ether oxygens (including phenoxy) is 3. The van der Waals surface area contributed by atoms with Crippen molar-refractivity contribution >= 4 is 0 Å². The lowest BCUT2D eigenvalue weighted by Gasteiger charge is -2.20. The van der Waals surface area contributed by atoms with E-state index in [1.807, 2.05) is 18.2 Å². The zero-order chi connectivity index (χ0) is 15.0. The lowest BCUT2D eigenvalue weighted by Crippen LogP contribution is -2.13. The molecule has 0 aromatic heterocycles. The number of nitrogens with zero attached hydrogens (tertiary/aromatic N) is 1. The van der Waals surface area contributed by atoms with Crippen molar-refractivity contribution in [3.05, 3.63) is 29.3 Å². The Kier molecular flexibility index (Phi) is 6.50. The number of hydrogen-bond donors (Lipinski definition) is 0. The van der Waals surface area contributed by atoms with Gasteiger partial charge in [0.1, 0.15) is 18.4 Å². The molecule has 1 aromatic rings. The molecule has 0 aliphatic rings. The predicted molar refractivity (Wildman–Crippen MR) is 78.0 cm³/mol. The van der Waals surface area contributed by atoms with Gasteiger partial charge in [-0.25, -0.2) is 0 Å². The average molecular weight is 277 g/mol. The summed E-state index contributed by atoms with van der Waals surface area (Å²) in [6.07, 6.45) is 0. The smallest absolute Gasteiger partial charge is 0.137 e. The minimum atomic E-state index is 0.0212. The van der Waals surface area contributed by atoms with E-state index < -0.39 is 0 Å². The minimum Gasteiger partial charge on any atom is -0.490 e. The molecule has 4 nitrogen and oxygen atoms in total. The topological polar surface area (TPSA) is 51.5 Å². The molecule has 0 saturated carbocycles. The molecule has 1 rings (SSSR count). The fraction of sp³-hybridized carbons (Fsp3) is 0.562. The molecule has 4 heteroatoms. The Morgan fingerprint density at radius 3 is 2.40 bits per heavy atom. The van der Waals surface area contributed by atoms with Gasteiger partial charge in [-0.2, -0.15) is 5.26 Å². The summed E-state index contributed by atoms with van der Waals surface area (Å²) >= 11 is 0. The normalized spacial score (nSPS) is 11.2. The van der Waals surface area contributed by atoms with E-state index in [0.29, 0.717) is 37.7 Å². The third-order valence-corrected chi connectivity index (χ3v) is 2.88. The van der Waals surface area contributed by atoms with Crippen LogP contribution in [0.2, 0.25) is 0 Å². The van der Waals surface area contributed by atoms with Gasteiger partial charge in [0.2, 0.25) is 0 Å². The Hall–Kier alpha value is -1.57. The van der Waals surface area contributed by atoms with E-state index in [1.165, 1.54) is 0 Å². The zero-order valence-corrected chi connectivity index (χ0v) is 12.7. The summed E-state index contributed by atoms with van der Waals surface area (Å²) < 4.78 is 15.8. The number of benzene rings is 1. The average Bonchev–Trinajstić information content (AvgIpc) is 2.41. The Balaban J connectivity index is 2.56. The van der Waals surface area contributed by atoms with Gasteiger partial charge in [-0.05, 0) is 23.1 Å². The standard InChI is InChI=1S/C16H23NO3/c1-16(2,3)14-5-6-15(13(11-14)12-17)20-10-9-19-8-7-18-4/h5-6,11H,7-10H2,1-4H3. The molecule has 0 unspecified atom stereocenters. The highest BCUT2D eigenvalue weighted by molar-refractivity contribution is 5.46. The van der Waals surface area contributed by atoms with Gasteiger partial charge in [0.15, 0.2) is 0 Å². The summed E-state index contributed by atoms with van der Waals surface area (Å²) in [5, 5.41) is 9.20. The van der Waals surface area contributed by atoms with E-state index in [1.54, 1.807) is 7.11 Å². The molecule has 0 fully saturated rings. The van der Waals surface area contributed by atoms with Crippen LogP contribution >= 0.6 is 0 Å². The lowest BCUT2D eigenvalue weighted by atomic mass is 9.86. The minimum absolute atomic E-state index is 0.0212. The molecular weight excluding hydrogens is 254 g/mol. The molecule has 20 heavy (non-hydrogen) atoms. The van der Waals surface area contributed by atoms with Crippen LogP contribution in [0, 0.1) is 11.3 Å². The van der Waals surface area contributed by atoms with Crippen molar-refractivity contribution in [2.45, 2.75) is 26.2 Å². The van der Waals surface area contributed by atoms with Crippen molar-refractivity contribution in [2.75, 3.05) is 33.5 Å². The molecule has 0 atom stereocenters. The first-order valence-electron chi connectivity index (χ1n) is 6.73. The number of hydrogen-bond acceptors (Lipinski definition) is 4. The molecule has 0 radical (unpaired) electrons. The molecule has 0 amide bonds. The number of rotatable bonds is 7. The van der Waals surface area contributed by atoms with E-state index in [0.717, 1.165) is 5.56 Å². The van der Waals surface area contributed by atoms with E-state index in [9.17, 15) is 5.26 Å². The molecule has 1 aromatic carbocycles. The van der Waals surface area contributed by atoms with Gasteiger partial charge >= 0.3 is 0 Å². The van der Waals surface area contributed by atoms with Crippen molar-refractivity contribution in [1.82, 2.24) is 0 Å². The molecule has 0 aliphatic heterocycles. The van der Waals surface area contributed by atoms with Crippen molar-refractivity contribution in [3.63, 3.8) is 0 Å². The van der Waals surface area contributed by atoms with Crippen LogP contribution in [0.25, 0.3) is 0 Å². The van der Waals surface area contributed by atoms with Crippen LogP contribution in [0.5, 0.6) is 5.75 Å². The fourth-order valence-electron chi connectivity index (χ4n) is 1.66. The van der Waals surface area contributed by atoms with Crippen molar-refractivity contribution in [3.8, 4) is 11.8 Å². The number of nitriles is 1. The summed E-state index contributed by atoms with van der Waals surface area (Å²) in [6, 6.07) is 7.93. The van der Waals surface area contributed by atoms with Crippen LogP contribution in [0.4, 0.5) is 0 Å². The van der Waals surface area contributed by atoms with Crippen molar-refractivity contribution in [1.29, 1.82) is 5.26 Å². The molecule has 0 saturated heterocycles. The van der Waals surface area contributed by atoms with Crippen LogP contribution in [-0.2, 0) is 14.9 Å². The van der Waals surface area contributed by atoms with Crippen LogP contribution in [-0.4, -0.2) is 33.5 Å². The van der Waals surface area contributed by atoms with Gasteiger partial charge in [-0.3, -0.25) is 0 Å². The Morgan fingerprint density at radius 1 is 1.10 bits per heavy atom. The SMILES string of the molecule is COCCOCCOc1ccc(C(C)(C)C)cc1C#N. The Labute approximate surface area is 121 Å². The fourth-order valence-corrected chi connectivity index (χ4v) is 1.66. The van der Waals surface area contributed by atoms with E-state index in [2.05, 4.69) is 26.8 Å². The summed E-state index contributed by atoms with van der Waals surface area (Å²) in [5.74, 6) is 0.607. The second-order valence-corrected chi connectivity index (χ2v) is 5.53. The third-order valence-electron chi connectivity index (χ3n) is 2.88. The van der Waals surface area contributed by atoms with Gasteiger partial charge in [-0.1, -0.05) is 26.8 Å². The largest absolute Gasteiger partial charge is 0.490 e. The van der Waals surface area contributed by atoms with Crippen LogP contribution < -0.4 is 4.74 Å². The molecule has 110 valence electrons. The Morgan fingerprint density at radius 2 is 1.80 bits per heavy atom. The van der Waals surface area contributed by atoms with Crippen LogP contribution in [0.1, 0.15) is 31.9 Å². The summed E-state index contributed by atoms with van der Waals surface area (Å²) in [6.45, 7) is 8.38. The maximum atomic E-state index is 9.20. The monoisotopic (exact) mass is 277 g/mol. The maximum absolute atomic E-state index is 9.20. The maximum Gasteiger partial charge on any atom is 0.137 e. The predicted octanol–water partition coefficient (Wildman–Crippen LogP) is 2.90. The van der Waals surface area contributed by atoms with Gasteiger partial charge < -0.3 is 14.2 Å². The molecule has 0 aliphatic carbocycles. The molecule has 0 bridgehead atoms. The zero-order valence-electron chi connectivity index (χ0n) is 12.7. The second kappa shape index (κ2) is 7.88.